The zero-order valence-corrected chi connectivity index (χ0v) is 16.3. The molecule has 2 amide bonds. The van der Waals surface area contributed by atoms with Crippen LogP contribution in [0, 0.1) is 6.92 Å². The second-order valence-corrected chi connectivity index (χ2v) is 7.30. The third-order valence-corrected chi connectivity index (χ3v) is 5.21. The van der Waals surface area contributed by atoms with E-state index in [9.17, 15) is 9.59 Å². The van der Waals surface area contributed by atoms with Crippen molar-refractivity contribution in [3.8, 4) is 0 Å². The highest BCUT2D eigenvalue weighted by Crippen LogP contribution is 2.28. The first-order chi connectivity index (χ1) is 14.0. The molecular weight excluding hydrogens is 386 g/mol. The Balaban J connectivity index is 1.46. The minimum absolute atomic E-state index is 0.189. The van der Waals surface area contributed by atoms with Crippen LogP contribution in [0.2, 0.25) is 0 Å². The van der Waals surface area contributed by atoms with E-state index in [1.165, 1.54) is 17.7 Å². The molecule has 29 heavy (non-hydrogen) atoms. The molecule has 2 aromatic heterocycles. The molecule has 0 bridgehead atoms. The number of rotatable bonds is 4. The first kappa shape index (κ1) is 18.6. The van der Waals surface area contributed by atoms with E-state index in [0.29, 0.717) is 32.7 Å². The van der Waals surface area contributed by atoms with Crippen LogP contribution in [-0.2, 0) is 0 Å². The van der Waals surface area contributed by atoms with Gasteiger partial charge in [0.05, 0.1) is 10.9 Å². The van der Waals surface area contributed by atoms with Crippen LogP contribution in [0.25, 0.3) is 10.2 Å². The van der Waals surface area contributed by atoms with Gasteiger partial charge in [0.25, 0.3) is 11.8 Å². The maximum Gasteiger partial charge on any atom is 0.257 e. The van der Waals surface area contributed by atoms with Gasteiger partial charge in [-0.15, -0.1) is 11.3 Å². The summed E-state index contributed by atoms with van der Waals surface area (Å²) in [5, 5.41) is 7.93. The molecule has 0 radical (unpaired) electrons. The first-order valence-electron chi connectivity index (χ1n) is 8.78. The van der Waals surface area contributed by atoms with Crippen molar-refractivity contribution in [1.29, 1.82) is 0 Å². The Kier molecular flexibility index (Phi) is 4.92. The third kappa shape index (κ3) is 3.92. The number of aromatic nitrogens is 2. The minimum Gasteiger partial charge on any atom is -0.383 e. The van der Waals surface area contributed by atoms with Crippen molar-refractivity contribution in [2.45, 2.75) is 6.92 Å². The molecule has 0 unspecified atom stereocenters. The lowest BCUT2D eigenvalue weighted by molar-refractivity contribution is 0.101. The summed E-state index contributed by atoms with van der Waals surface area (Å²) >= 11 is 1.34. The number of amides is 2. The Morgan fingerprint density at radius 3 is 2.34 bits per heavy atom. The molecule has 144 valence electrons. The number of carbonyl (C=O) groups is 2. The van der Waals surface area contributed by atoms with Crippen LogP contribution >= 0.6 is 11.3 Å². The Morgan fingerprint density at radius 1 is 0.966 bits per heavy atom. The van der Waals surface area contributed by atoms with E-state index in [-0.39, 0.29) is 17.6 Å². The largest absolute Gasteiger partial charge is 0.383 e. The molecule has 0 saturated carbocycles. The van der Waals surface area contributed by atoms with Crippen molar-refractivity contribution in [2.75, 3.05) is 16.4 Å². The summed E-state index contributed by atoms with van der Waals surface area (Å²) < 4.78 is 0. The molecule has 0 aliphatic heterocycles. The average molecular weight is 403 g/mol. The molecular formula is C21H17N5O2S. The number of aryl methyl sites for hydroxylation is 1. The molecule has 4 rings (SSSR count). The van der Waals surface area contributed by atoms with E-state index in [1.807, 2.05) is 25.1 Å². The Labute approximate surface area is 170 Å². The zero-order valence-electron chi connectivity index (χ0n) is 15.5. The third-order valence-electron chi connectivity index (χ3n) is 4.33. The van der Waals surface area contributed by atoms with Gasteiger partial charge in [0, 0.05) is 22.3 Å². The average Bonchev–Trinajstić information content (AvgIpc) is 3.15. The molecule has 0 fully saturated rings. The van der Waals surface area contributed by atoms with Gasteiger partial charge >= 0.3 is 0 Å². The number of benzene rings is 2. The Morgan fingerprint density at radius 2 is 1.66 bits per heavy atom. The molecule has 0 aliphatic rings. The molecule has 0 spiro atoms. The van der Waals surface area contributed by atoms with Crippen molar-refractivity contribution in [1.82, 2.24) is 9.97 Å². The van der Waals surface area contributed by atoms with Crippen molar-refractivity contribution >= 4 is 50.6 Å². The molecule has 8 heteroatoms. The van der Waals surface area contributed by atoms with E-state index < -0.39 is 0 Å². The Bertz CT molecular complexity index is 1220. The zero-order chi connectivity index (χ0) is 20.4. The minimum atomic E-state index is -0.297. The summed E-state index contributed by atoms with van der Waals surface area (Å²) in [6.45, 7) is 1.94. The quantitative estimate of drug-likeness (QED) is 0.475. The van der Waals surface area contributed by atoms with Gasteiger partial charge in [-0.3, -0.25) is 9.59 Å². The number of nitrogen functional groups attached to an aromatic ring is 1. The second-order valence-electron chi connectivity index (χ2n) is 6.44. The molecule has 0 aliphatic carbocycles. The summed E-state index contributed by atoms with van der Waals surface area (Å²) in [6.07, 6.45) is 1.37. The van der Waals surface area contributed by atoms with Crippen LogP contribution in [0.1, 0.15) is 26.3 Å². The molecule has 2 aromatic carbocycles. The molecule has 0 saturated heterocycles. The van der Waals surface area contributed by atoms with Gasteiger partial charge in [0.15, 0.2) is 0 Å². The number of carbonyl (C=O) groups excluding carboxylic acids is 2. The summed E-state index contributed by atoms with van der Waals surface area (Å²) in [5.41, 5.74) is 9.16. The smallest absolute Gasteiger partial charge is 0.257 e. The predicted molar refractivity (Wildman–Crippen MR) is 115 cm³/mol. The van der Waals surface area contributed by atoms with Crippen LogP contribution in [0.4, 0.5) is 17.2 Å². The normalized spacial score (nSPS) is 10.7. The monoisotopic (exact) mass is 403 g/mol. The van der Waals surface area contributed by atoms with Gasteiger partial charge in [0.1, 0.15) is 17.0 Å². The number of nitrogens with two attached hydrogens (primary N) is 1. The van der Waals surface area contributed by atoms with Gasteiger partial charge in [-0.05, 0) is 43.3 Å². The van der Waals surface area contributed by atoms with Crippen LogP contribution < -0.4 is 16.4 Å². The molecule has 4 aromatic rings. The van der Waals surface area contributed by atoms with E-state index in [2.05, 4.69) is 20.6 Å². The lowest BCUT2D eigenvalue weighted by Gasteiger charge is -2.08. The second kappa shape index (κ2) is 7.69. The SMILES string of the molecule is Cc1cccc(C(=O)Nc2ccc(NC(=O)c3csc4ncnc(N)c34)cc2)c1. The number of thiophene rings is 1. The van der Waals surface area contributed by atoms with Crippen molar-refractivity contribution in [2.24, 2.45) is 0 Å². The van der Waals surface area contributed by atoms with E-state index in [0.717, 1.165) is 5.56 Å². The predicted octanol–water partition coefficient (Wildman–Crippen LogP) is 4.09. The molecule has 4 N–H and O–H groups in total. The summed E-state index contributed by atoms with van der Waals surface area (Å²) in [6, 6.07) is 14.3. The van der Waals surface area contributed by atoms with E-state index >= 15 is 0 Å². The highest BCUT2D eigenvalue weighted by molar-refractivity contribution is 7.17. The topological polar surface area (TPSA) is 110 Å². The number of hydrogen-bond acceptors (Lipinski definition) is 6. The van der Waals surface area contributed by atoms with Crippen LogP contribution in [0.15, 0.2) is 60.2 Å². The molecule has 7 nitrogen and oxygen atoms in total. The lowest BCUT2D eigenvalue weighted by Crippen LogP contribution is -2.13. The van der Waals surface area contributed by atoms with Crippen LogP contribution in [0.3, 0.4) is 0 Å². The van der Waals surface area contributed by atoms with E-state index in [4.69, 9.17) is 5.73 Å². The van der Waals surface area contributed by atoms with Crippen LogP contribution in [0.5, 0.6) is 0 Å². The molecule has 2 heterocycles. The fourth-order valence-corrected chi connectivity index (χ4v) is 3.79. The lowest BCUT2D eigenvalue weighted by atomic mass is 10.1. The molecule has 0 atom stereocenters. The van der Waals surface area contributed by atoms with Crippen LogP contribution in [-0.4, -0.2) is 21.8 Å². The van der Waals surface area contributed by atoms with Gasteiger partial charge in [-0.25, -0.2) is 9.97 Å². The van der Waals surface area contributed by atoms with Crippen molar-refractivity contribution < 1.29 is 9.59 Å². The summed E-state index contributed by atoms with van der Waals surface area (Å²) in [7, 11) is 0. The number of nitrogens with one attached hydrogen (secondary N) is 2. The van der Waals surface area contributed by atoms with Gasteiger partial charge in [-0.2, -0.15) is 0 Å². The number of fused-ring (bicyclic) bond motifs is 1. The first-order valence-corrected chi connectivity index (χ1v) is 9.66. The van der Waals surface area contributed by atoms with Crippen molar-refractivity contribution in [3.63, 3.8) is 0 Å². The van der Waals surface area contributed by atoms with Crippen molar-refractivity contribution in [3.05, 3.63) is 76.9 Å². The fourth-order valence-electron chi connectivity index (χ4n) is 2.89. The number of nitrogens with zero attached hydrogens (tertiary/aromatic N) is 2. The number of anilines is 3. The summed E-state index contributed by atoms with van der Waals surface area (Å²) in [4.78, 5) is 33.7. The highest BCUT2D eigenvalue weighted by Gasteiger charge is 2.16. The highest BCUT2D eigenvalue weighted by atomic mass is 32.1. The maximum atomic E-state index is 12.6. The van der Waals surface area contributed by atoms with E-state index in [1.54, 1.807) is 35.7 Å². The van der Waals surface area contributed by atoms with Gasteiger partial charge in [-0.1, -0.05) is 17.7 Å². The maximum absolute atomic E-state index is 12.6. The van der Waals surface area contributed by atoms with Gasteiger partial charge < -0.3 is 16.4 Å². The fraction of sp³-hybridized carbons (Fsp3) is 0.0476. The number of hydrogen-bond donors (Lipinski definition) is 3. The van der Waals surface area contributed by atoms with Gasteiger partial charge in [0.2, 0.25) is 0 Å². The summed E-state index contributed by atoms with van der Waals surface area (Å²) in [5.74, 6) is -0.212. The standard InChI is InChI=1S/C21H17N5O2S/c1-12-3-2-4-13(9-12)19(27)25-14-5-7-15(8-6-14)26-20(28)16-10-29-21-17(16)18(22)23-11-24-21/h2-11H,1H3,(H,25,27)(H,26,28)(H2,22,23,24). The Hall–Kier alpha value is -3.78.